The fourth-order valence-electron chi connectivity index (χ4n) is 1.29. The maximum atomic E-state index is 12.9. The van der Waals surface area contributed by atoms with Crippen molar-refractivity contribution in [1.29, 1.82) is 0 Å². The Morgan fingerprint density at radius 3 is 2.88 bits per heavy atom. The molecule has 16 heavy (non-hydrogen) atoms. The number of rotatable bonds is 4. The number of aliphatic hydroxyl groups excluding tert-OH is 1. The number of aliphatic hydroxyl groups is 1. The molecule has 0 saturated carbocycles. The molecule has 1 atom stereocenters. The summed E-state index contributed by atoms with van der Waals surface area (Å²) in [4.78, 5) is 0.797. The summed E-state index contributed by atoms with van der Waals surface area (Å²) in [6.45, 7) is 0. The molecule has 0 aliphatic heterocycles. The van der Waals surface area contributed by atoms with Gasteiger partial charge in [0.25, 0.3) is 0 Å². The Kier molecular flexibility index (Phi) is 3.64. The lowest BCUT2D eigenvalue weighted by molar-refractivity contribution is 0.174. The van der Waals surface area contributed by atoms with Crippen molar-refractivity contribution in [2.75, 3.05) is 5.75 Å². The minimum absolute atomic E-state index is 0.266. The van der Waals surface area contributed by atoms with Gasteiger partial charge in [0.1, 0.15) is 17.7 Å². The first kappa shape index (κ1) is 11.2. The Morgan fingerprint density at radius 1 is 1.31 bits per heavy atom. The van der Waals surface area contributed by atoms with Crippen LogP contribution in [0.1, 0.15) is 11.9 Å². The standard InChI is InChI=1S/C12H11FO2S/c13-9-3-1-4-10(7-9)16-8-11(14)12-5-2-6-15-12/h1-7,11,14H,8H2. The second-order valence-corrected chi connectivity index (χ2v) is 4.39. The first-order valence-corrected chi connectivity index (χ1v) is 5.84. The van der Waals surface area contributed by atoms with Crippen molar-refractivity contribution in [3.05, 3.63) is 54.2 Å². The molecule has 0 saturated heterocycles. The Bertz CT molecular complexity index is 442. The van der Waals surface area contributed by atoms with E-state index in [1.54, 1.807) is 18.2 Å². The summed E-state index contributed by atoms with van der Waals surface area (Å²) >= 11 is 1.39. The molecule has 1 aromatic carbocycles. The molecule has 0 aliphatic rings. The van der Waals surface area contributed by atoms with Crippen LogP contribution in [0.4, 0.5) is 4.39 Å². The van der Waals surface area contributed by atoms with Gasteiger partial charge in [0.2, 0.25) is 0 Å². The molecule has 1 heterocycles. The van der Waals surface area contributed by atoms with Crippen molar-refractivity contribution in [1.82, 2.24) is 0 Å². The van der Waals surface area contributed by atoms with Crippen LogP contribution in [0, 0.1) is 5.82 Å². The third-order valence-corrected chi connectivity index (χ3v) is 3.15. The Morgan fingerprint density at radius 2 is 2.19 bits per heavy atom. The predicted octanol–water partition coefficient (Wildman–Crippen LogP) is 3.24. The molecule has 84 valence electrons. The van der Waals surface area contributed by atoms with Crippen molar-refractivity contribution in [2.45, 2.75) is 11.0 Å². The third-order valence-electron chi connectivity index (χ3n) is 2.08. The third kappa shape index (κ3) is 2.87. The monoisotopic (exact) mass is 238 g/mol. The van der Waals surface area contributed by atoms with Crippen LogP contribution < -0.4 is 0 Å². The maximum absolute atomic E-state index is 12.9. The highest BCUT2D eigenvalue weighted by molar-refractivity contribution is 7.99. The summed E-state index contributed by atoms with van der Waals surface area (Å²) < 4.78 is 17.9. The van der Waals surface area contributed by atoms with Crippen LogP contribution in [-0.2, 0) is 0 Å². The zero-order valence-corrected chi connectivity index (χ0v) is 9.28. The molecule has 1 unspecified atom stereocenters. The lowest BCUT2D eigenvalue weighted by Gasteiger charge is -2.07. The van der Waals surface area contributed by atoms with Crippen molar-refractivity contribution < 1.29 is 13.9 Å². The summed E-state index contributed by atoms with van der Waals surface area (Å²) in [5, 5.41) is 9.73. The number of halogens is 1. The van der Waals surface area contributed by atoms with Gasteiger partial charge in [0, 0.05) is 10.6 Å². The second-order valence-electron chi connectivity index (χ2n) is 3.30. The smallest absolute Gasteiger partial charge is 0.133 e. The molecular weight excluding hydrogens is 227 g/mol. The lowest BCUT2D eigenvalue weighted by Crippen LogP contribution is -1.98. The van der Waals surface area contributed by atoms with Crippen LogP contribution in [0.15, 0.2) is 52.0 Å². The predicted molar refractivity (Wildman–Crippen MR) is 60.8 cm³/mol. The van der Waals surface area contributed by atoms with E-state index in [-0.39, 0.29) is 5.82 Å². The molecule has 0 fully saturated rings. The van der Waals surface area contributed by atoms with Gasteiger partial charge in [-0.05, 0) is 30.3 Å². The van der Waals surface area contributed by atoms with Gasteiger partial charge in [-0.15, -0.1) is 11.8 Å². The topological polar surface area (TPSA) is 33.4 Å². The molecule has 0 spiro atoms. The van der Waals surface area contributed by atoms with E-state index in [4.69, 9.17) is 4.42 Å². The van der Waals surface area contributed by atoms with E-state index in [0.717, 1.165) is 4.90 Å². The molecule has 0 bridgehead atoms. The number of thioether (sulfide) groups is 1. The average molecular weight is 238 g/mol. The molecular formula is C12H11FO2S. The highest BCUT2D eigenvalue weighted by Gasteiger charge is 2.10. The van der Waals surface area contributed by atoms with Gasteiger partial charge in [-0.1, -0.05) is 6.07 Å². The van der Waals surface area contributed by atoms with Gasteiger partial charge in [-0.25, -0.2) is 4.39 Å². The maximum Gasteiger partial charge on any atom is 0.133 e. The second kappa shape index (κ2) is 5.18. The number of furan rings is 1. The Labute approximate surface area is 97.1 Å². The zero-order valence-electron chi connectivity index (χ0n) is 8.47. The summed E-state index contributed by atoms with van der Waals surface area (Å²) in [6.07, 6.45) is 0.856. The van der Waals surface area contributed by atoms with Gasteiger partial charge in [0.15, 0.2) is 0 Å². The number of hydrogen-bond acceptors (Lipinski definition) is 3. The van der Waals surface area contributed by atoms with E-state index in [2.05, 4.69) is 0 Å². The SMILES string of the molecule is OC(CSc1cccc(F)c1)c1ccco1. The Balaban J connectivity index is 1.92. The van der Waals surface area contributed by atoms with Crippen LogP contribution in [0.3, 0.4) is 0 Å². The molecule has 4 heteroatoms. The summed E-state index contributed by atoms with van der Waals surface area (Å²) in [5.74, 6) is 0.707. The van der Waals surface area contributed by atoms with Crippen LogP contribution in [0.25, 0.3) is 0 Å². The van der Waals surface area contributed by atoms with E-state index in [1.165, 1.54) is 30.2 Å². The van der Waals surface area contributed by atoms with Crippen LogP contribution >= 0.6 is 11.8 Å². The van der Waals surface area contributed by atoms with Crippen molar-refractivity contribution >= 4 is 11.8 Å². The minimum Gasteiger partial charge on any atom is -0.467 e. The van der Waals surface area contributed by atoms with E-state index in [1.807, 2.05) is 6.07 Å². The van der Waals surface area contributed by atoms with Crippen molar-refractivity contribution in [3.63, 3.8) is 0 Å². The van der Waals surface area contributed by atoms with Crippen LogP contribution in [0.2, 0.25) is 0 Å². The quantitative estimate of drug-likeness (QED) is 0.830. The van der Waals surface area contributed by atoms with Gasteiger partial charge in [0.05, 0.1) is 6.26 Å². The molecule has 1 aromatic heterocycles. The zero-order chi connectivity index (χ0) is 11.4. The normalized spacial score (nSPS) is 12.6. The van der Waals surface area contributed by atoms with Gasteiger partial charge in [-0.2, -0.15) is 0 Å². The first-order valence-electron chi connectivity index (χ1n) is 4.85. The molecule has 0 amide bonds. The summed E-state index contributed by atoms with van der Waals surface area (Å²) in [6, 6.07) is 9.74. The number of hydrogen-bond donors (Lipinski definition) is 1. The van der Waals surface area contributed by atoms with Crippen LogP contribution in [-0.4, -0.2) is 10.9 Å². The average Bonchev–Trinajstić information content (AvgIpc) is 2.79. The van der Waals surface area contributed by atoms with E-state index < -0.39 is 6.10 Å². The molecule has 2 aromatic rings. The van der Waals surface area contributed by atoms with Crippen LogP contribution in [0.5, 0.6) is 0 Å². The summed E-state index contributed by atoms with van der Waals surface area (Å²) in [7, 11) is 0. The molecule has 0 radical (unpaired) electrons. The highest BCUT2D eigenvalue weighted by Crippen LogP contribution is 2.25. The van der Waals surface area contributed by atoms with Crippen molar-refractivity contribution in [2.24, 2.45) is 0 Å². The summed E-state index contributed by atoms with van der Waals surface area (Å²) in [5.41, 5.74) is 0. The highest BCUT2D eigenvalue weighted by atomic mass is 32.2. The van der Waals surface area contributed by atoms with E-state index in [9.17, 15) is 9.50 Å². The van der Waals surface area contributed by atoms with Gasteiger partial charge < -0.3 is 9.52 Å². The first-order chi connectivity index (χ1) is 7.75. The van der Waals surface area contributed by atoms with E-state index >= 15 is 0 Å². The van der Waals surface area contributed by atoms with Gasteiger partial charge >= 0.3 is 0 Å². The lowest BCUT2D eigenvalue weighted by atomic mass is 10.3. The minimum atomic E-state index is -0.664. The fraction of sp³-hybridized carbons (Fsp3) is 0.167. The molecule has 2 nitrogen and oxygen atoms in total. The largest absolute Gasteiger partial charge is 0.467 e. The van der Waals surface area contributed by atoms with E-state index in [0.29, 0.717) is 11.5 Å². The van der Waals surface area contributed by atoms with Crippen molar-refractivity contribution in [3.8, 4) is 0 Å². The Hall–Kier alpha value is -1.26. The molecule has 0 aliphatic carbocycles. The van der Waals surface area contributed by atoms with Gasteiger partial charge in [-0.3, -0.25) is 0 Å². The molecule has 2 rings (SSSR count). The number of benzene rings is 1. The fourth-order valence-corrected chi connectivity index (χ4v) is 2.18. The molecule has 1 N–H and O–H groups in total.